The Morgan fingerprint density at radius 3 is 2.84 bits per heavy atom. The van der Waals surface area contributed by atoms with Crippen LogP contribution in [0.25, 0.3) is 0 Å². The molecule has 0 aromatic heterocycles. The van der Waals surface area contributed by atoms with Crippen molar-refractivity contribution in [3.63, 3.8) is 0 Å². The second-order valence-corrected chi connectivity index (χ2v) is 7.65. The minimum atomic E-state index is -0.231. The van der Waals surface area contributed by atoms with Gasteiger partial charge in [0.25, 0.3) is 0 Å². The van der Waals surface area contributed by atoms with Gasteiger partial charge in [-0.15, -0.1) is 0 Å². The third kappa shape index (κ3) is 3.17. The molecule has 1 aromatic rings. The zero-order valence-electron chi connectivity index (χ0n) is 15.1. The molecule has 2 fully saturated rings. The fourth-order valence-electron chi connectivity index (χ4n) is 5.10. The van der Waals surface area contributed by atoms with Gasteiger partial charge in [0.1, 0.15) is 0 Å². The quantitative estimate of drug-likeness (QED) is 0.808. The number of rotatable bonds is 3. The Labute approximate surface area is 150 Å². The lowest BCUT2D eigenvalue weighted by Crippen LogP contribution is -2.46. The highest BCUT2D eigenvalue weighted by Crippen LogP contribution is 2.48. The SMILES string of the molecule is CCOC(=O)c1cccc2c1C1OCCC[C@H]1[C@@H](C1CCCCC1)N2. The van der Waals surface area contributed by atoms with E-state index in [-0.39, 0.29) is 12.1 Å². The van der Waals surface area contributed by atoms with Gasteiger partial charge in [-0.3, -0.25) is 0 Å². The van der Waals surface area contributed by atoms with Gasteiger partial charge in [0.05, 0.1) is 18.3 Å². The summed E-state index contributed by atoms with van der Waals surface area (Å²) in [6, 6.07) is 6.41. The van der Waals surface area contributed by atoms with E-state index in [2.05, 4.69) is 11.4 Å². The van der Waals surface area contributed by atoms with Gasteiger partial charge >= 0.3 is 5.97 Å². The van der Waals surface area contributed by atoms with Gasteiger partial charge in [-0.1, -0.05) is 25.3 Å². The van der Waals surface area contributed by atoms with Crippen molar-refractivity contribution in [2.75, 3.05) is 18.5 Å². The summed E-state index contributed by atoms with van der Waals surface area (Å²) in [6.45, 7) is 3.04. The lowest BCUT2D eigenvalue weighted by Gasteiger charge is -2.47. The minimum Gasteiger partial charge on any atom is -0.462 e. The van der Waals surface area contributed by atoms with Crippen molar-refractivity contribution in [1.82, 2.24) is 0 Å². The van der Waals surface area contributed by atoms with Crippen LogP contribution in [0.15, 0.2) is 18.2 Å². The number of hydrogen-bond acceptors (Lipinski definition) is 4. The van der Waals surface area contributed by atoms with Crippen LogP contribution in [-0.4, -0.2) is 25.2 Å². The van der Waals surface area contributed by atoms with Crippen molar-refractivity contribution in [2.45, 2.75) is 64.0 Å². The molecule has 1 aliphatic carbocycles. The van der Waals surface area contributed by atoms with Crippen molar-refractivity contribution in [3.8, 4) is 0 Å². The fourth-order valence-corrected chi connectivity index (χ4v) is 5.10. The Morgan fingerprint density at radius 1 is 1.20 bits per heavy atom. The molecular weight excluding hydrogens is 314 g/mol. The number of hydrogen-bond donors (Lipinski definition) is 1. The molecule has 1 saturated heterocycles. The van der Waals surface area contributed by atoms with Gasteiger partial charge in [-0.25, -0.2) is 4.79 Å². The molecule has 136 valence electrons. The van der Waals surface area contributed by atoms with E-state index >= 15 is 0 Å². The highest BCUT2D eigenvalue weighted by atomic mass is 16.5. The van der Waals surface area contributed by atoms with Crippen molar-refractivity contribution >= 4 is 11.7 Å². The zero-order chi connectivity index (χ0) is 17.2. The van der Waals surface area contributed by atoms with E-state index in [9.17, 15) is 4.79 Å². The molecule has 3 aliphatic rings. The summed E-state index contributed by atoms with van der Waals surface area (Å²) in [4.78, 5) is 12.5. The summed E-state index contributed by atoms with van der Waals surface area (Å²) in [5.41, 5.74) is 2.77. The monoisotopic (exact) mass is 343 g/mol. The Hall–Kier alpha value is -1.55. The van der Waals surface area contributed by atoms with Crippen LogP contribution in [0.3, 0.4) is 0 Å². The van der Waals surface area contributed by atoms with E-state index in [1.807, 2.05) is 19.1 Å². The first-order valence-electron chi connectivity index (χ1n) is 9.97. The molecule has 0 bridgehead atoms. The maximum atomic E-state index is 12.5. The minimum absolute atomic E-state index is 0.0255. The third-order valence-electron chi connectivity index (χ3n) is 6.20. The molecule has 4 nitrogen and oxygen atoms in total. The van der Waals surface area contributed by atoms with Crippen LogP contribution in [-0.2, 0) is 9.47 Å². The van der Waals surface area contributed by atoms with Crippen molar-refractivity contribution in [2.24, 2.45) is 11.8 Å². The van der Waals surface area contributed by atoms with Crippen LogP contribution in [0, 0.1) is 11.8 Å². The second kappa shape index (κ2) is 7.36. The number of anilines is 1. The lowest BCUT2D eigenvalue weighted by atomic mass is 9.70. The highest BCUT2D eigenvalue weighted by Gasteiger charge is 2.44. The Bertz CT molecular complexity index is 624. The highest BCUT2D eigenvalue weighted by molar-refractivity contribution is 5.93. The van der Waals surface area contributed by atoms with E-state index in [4.69, 9.17) is 9.47 Å². The normalized spacial score (nSPS) is 29.2. The first-order valence-corrected chi connectivity index (χ1v) is 9.97. The summed E-state index contributed by atoms with van der Waals surface area (Å²) in [6.07, 6.45) is 9.00. The zero-order valence-corrected chi connectivity index (χ0v) is 15.1. The Balaban J connectivity index is 1.70. The molecule has 1 N–H and O–H groups in total. The molecule has 25 heavy (non-hydrogen) atoms. The van der Waals surface area contributed by atoms with Gasteiger partial charge in [-0.2, -0.15) is 0 Å². The van der Waals surface area contributed by atoms with E-state index in [0.29, 0.717) is 24.1 Å². The smallest absolute Gasteiger partial charge is 0.338 e. The lowest BCUT2D eigenvalue weighted by molar-refractivity contribution is -0.0464. The number of ether oxygens (including phenoxy) is 2. The first-order chi connectivity index (χ1) is 12.3. The summed E-state index contributed by atoms with van der Waals surface area (Å²) >= 11 is 0. The topological polar surface area (TPSA) is 47.6 Å². The van der Waals surface area contributed by atoms with Crippen LogP contribution in [0.1, 0.15) is 73.9 Å². The number of esters is 1. The van der Waals surface area contributed by atoms with Crippen molar-refractivity contribution in [3.05, 3.63) is 29.3 Å². The predicted molar refractivity (Wildman–Crippen MR) is 97.8 cm³/mol. The van der Waals surface area contributed by atoms with E-state index < -0.39 is 0 Å². The molecule has 3 atom stereocenters. The summed E-state index contributed by atoms with van der Waals surface area (Å²) < 4.78 is 11.5. The predicted octanol–water partition coefficient (Wildman–Crippen LogP) is 4.71. The van der Waals surface area contributed by atoms with Gasteiger partial charge in [0.2, 0.25) is 0 Å². The summed E-state index contributed by atoms with van der Waals surface area (Å²) in [5, 5.41) is 3.82. The van der Waals surface area contributed by atoms with Crippen LogP contribution in [0.2, 0.25) is 0 Å². The average molecular weight is 343 g/mol. The van der Waals surface area contributed by atoms with Crippen molar-refractivity contribution < 1.29 is 14.3 Å². The standard InChI is InChI=1S/C21H29NO3/c1-2-24-21(23)15-10-6-12-17-18(15)20-16(11-7-13-25-20)19(22-17)14-8-4-3-5-9-14/h6,10,12,14,16,19-20,22H,2-5,7-9,11,13H2,1H3/t16-,19+,20?/m0/s1. The van der Waals surface area contributed by atoms with Gasteiger partial charge in [-0.05, 0) is 50.7 Å². The maximum Gasteiger partial charge on any atom is 0.338 e. The molecule has 1 aromatic carbocycles. The Kier molecular flexibility index (Phi) is 4.98. The fraction of sp³-hybridized carbons (Fsp3) is 0.667. The first kappa shape index (κ1) is 16.9. The van der Waals surface area contributed by atoms with Gasteiger partial charge in [0.15, 0.2) is 0 Å². The van der Waals surface area contributed by atoms with Crippen molar-refractivity contribution in [1.29, 1.82) is 0 Å². The van der Waals surface area contributed by atoms with E-state index in [1.165, 1.54) is 38.5 Å². The summed E-state index contributed by atoms with van der Waals surface area (Å²) in [5.74, 6) is 0.951. The van der Waals surface area contributed by atoms with E-state index in [1.54, 1.807) is 0 Å². The molecule has 2 aliphatic heterocycles. The van der Waals surface area contributed by atoms with Crippen LogP contribution in [0.4, 0.5) is 5.69 Å². The molecule has 0 spiro atoms. The number of carbonyl (C=O) groups is 1. The molecule has 1 unspecified atom stereocenters. The Morgan fingerprint density at radius 2 is 2.04 bits per heavy atom. The van der Waals surface area contributed by atoms with Gasteiger partial charge in [0, 0.05) is 29.8 Å². The van der Waals surface area contributed by atoms with Crippen LogP contribution >= 0.6 is 0 Å². The molecule has 4 heteroatoms. The largest absolute Gasteiger partial charge is 0.462 e. The number of benzene rings is 1. The molecule has 2 heterocycles. The number of nitrogens with one attached hydrogen (secondary N) is 1. The molecular formula is C21H29NO3. The maximum absolute atomic E-state index is 12.5. The van der Waals surface area contributed by atoms with Crippen LogP contribution < -0.4 is 5.32 Å². The molecule has 4 rings (SSSR count). The second-order valence-electron chi connectivity index (χ2n) is 7.65. The average Bonchev–Trinajstić information content (AvgIpc) is 2.67. The molecule has 1 saturated carbocycles. The number of carbonyl (C=O) groups excluding carboxylic acids is 1. The third-order valence-corrected chi connectivity index (χ3v) is 6.20. The molecule has 0 amide bonds. The molecule has 0 radical (unpaired) electrons. The van der Waals surface area contributed by atoms with Crippen LogP contribution in [0.5, 0.6) is 0 Å². The van der Waals surface area contributed by atoms with E-state index in [0.717, 1.165) is 30.2 Å². The summed E-state index contributed by atoms with van der Waals surface area (Å²) in [7, 11) is 0. The van der Waals surface area contributed by atoms with Gasteiger partial charge < -0.3 is 14.8 Å². The number of fused-ring (bicyclic) bond motifs is 3.